The summed E-state index contributed by atoms with van der Waals surface area (Å²) in [5.74, 6) is 3.53. The van der Waals surface area contributed by atoms with E-state index in [9.17, 15) is 0 Å². The van der Waals surface area contributed by atoms with E-state index in [1.54, 1.807) is 0 Å². The number of hydrogen-bond donors (Lipinski definition) is 0. The topological polar surface area (TPSA) is 37.8 Å². The van der Waals surface area contributed by atoms with Crippen molar-refractivity contribution in [3.05, 3.63) is 144 Å². The van der Waals surface area contributed by atoms with E-state index in [0.29, 0.717) is 0 Å². The molecular weight excluding hydrogens is 769 g/mol. The summed E-state index contributed by atoms with van der Waals surface area (Å²) in [6.07, 6.45) is 1.95. The maximum absolute atomic E-state index is 7.17. The van der Waals surface area contributed by atoms with E-state index in [1.165, 1.54) is 38.6 Å². The van der Waals surface area contributed by atoms with Gasteiger partial charge in [-0.2, -0.15) is 0 Å². The van der Waals surface area contributed by atoms with Crippen LogP contribution in [0.4, 0.5) is 34.1 Å². The number of rotatable bonds is 2. The van der Waals surface area contributed by atoms with Crippen molar-refractivity contribution in [1.29, 1.82) is 0 Å². The van der Waals surface area contributed by atoms with Gasteiger partial charge < -0.3 is 19.3 Å². The third-order valence-electron chi connectivity index (χ3n) is 13.7. The highest BCUT2D eigenvalue weighted by molar-refractivity contribution is 7.00. The summed E-state index contributed by atoms with van der Waals surface area (Å²) < 4.78 is 14.3. The highest BCUT2D eigenvalue weighted by Crippen LogP contribution is 2.58. The van der Waals surface area contributed by atoms with Gasteiger partial charge in [0.05, 0.1) is 28.4 Å². The minimum atomic E-state index is -0.127. The van der Waals surface area contributed by atoms with Crippen molar-refractivity contribution >= 4 is 57.2 Å². The van der Waals surface area contributed by atoms with Crippen molar-refractivity contribution in [1.82, 2.24) is 4.98 Å². The van der Waals surface area contributed by atoms with Crippen LogP contribution < -0.4 is 35.7 Å². The molecule has 63 heavy (non-hydrogen) atoms. The normalized spacial score (nSPS) is 14.5. The summed E-state index contributed by atoms with van der Waals surface area (Å²) in [7, 11) is 0. The van der Waals surface area contributed by atoms with E-state index in [4.69, 9.17) is 14.5 Å². The van der Waals surface area contributed by atoms with Crippen LogP contribution in [-0.4, -0.2) is 11.7 Å². The molecule has 314 valence electrons. The molecule has 0 aliphatic carbocycles. The van der Waals surface area contributed by atoms with Crippen LogP contribution in [0.5, 0.6) is 23.0 Å². The van der Waals surface area contributed by atoms with E-state index < -0.39 is 0 Å². The maximum atomic E-state index is 7.17. The zero-order valence-electron chi connectivity index (χ0n) is 38.8. The molecule has 0 saturated heterocycles. The summed E-state index contributed by atoms with van der Waals surface area (Å²) >= 11 is 0. The van der Waals surface area contributed by atoms with Crippen molar-refractivity contribution in [2.24, 2.45) is 0 Å². The Morgan fingerprint density at radius 3 is 1.33 bits per heavy atom. The second kappa shape index (κ2) is 13.1. The second-order valence-corrected chi connectivity index (χ2v) is 22.2. The Hall–Kier alpha value is -6.27. The molecule has 4 aliphatic rings. The molecule has 0 saturated carbocycles. The van der Waals surface area contributed by atoms with Crippen molar-refractivity contribution in [2.45, 2.75) is 105 Å². The molecule has 6 aromatic carbocycles. The van der Waals surface area contributed by atoms with Crippen molar-refractivity contribution in [3.8, 4) is 45.4 Å². The van der Waals surface area contributed by atoms with Crippen molar-refractivity contribution in [3.63, 3.8) is 0 Å². The van der Waals surface area contributed by atoms with Gasteiger partial charge >= 0.3 is 0 Å². The SMILES string of the molecule is CC(C)(C)c1ccc2c(c1)Oc1cc(C(C)(C)C)cc3c1N2c1cc(-c2ccnc(-c4ccccc4)c2)cc2c1B3c1cc(C(C)(C)C)cc3c1N2c1ccc(C(C)(C)C)cc1O3. The minimum Gasteiger partial charge on any atom is -0.453 e. The number of benzene rings is 6. The summed E-state index contributed by atoms with van der Waals surface area (Å²) in [5.41, 5.74) is 19.3. The molecule has 0 atom stereocenters. The van der Waals surface area contributed by atoms with Crippen molar-refractivity contribution in [2.75, 3.05) is 9.80 Å². The lowest BCUT2D eigenvalue weighted by atomic mass is 9.33. The molecule has 5 heterocycles. The highest BCUT2D eigenvalue weighted by atomic mass is 16.5. The Kier molecular flexibility index (Phi) is 8.25. The van der Waals surface area contributed by atoms with Gasteiger partial charge in [0.2, 0.25) is 0 Å². The fourth-order valence-corrected chi connectivity index (χ4v) is 9.98. The maximum Gasteiger partial charge on any atom is 0.252 e. The van der Waals surface area contributed by atoms with Gasteiger partial charge in [-0.1, -0.05) is 138 Å². The monoisotopic (exact) mass is 825 g/mol. The first-order valence-electron chi connectivity index (χ1n) is 22.6. The average molecular weight is 826 g/mol. The Labute approximate surface area is 373 Å². The molecule has 0 spiro atoms. The fourth-order valence-electron chi connectivity index (χ4n) is 9.98. The fraction of sp³-hybridized carbons (Fsp3) is 0.281. The Bertz CT molecular complexity index is 2910. The predicted molar refractivity (Wildman–Crippen MR) is 264 cm³/mol. The molecule has 7 aromatic rings. The van der Waals surface area contributed by atoms with Gasteiger partial charge in [-0.25, -0.2) is 0 Å². The van der Waals surface area contributed by atoms with Crippen LogP contribution in [0.3, 0.4) is 0 Å². The number of pyridine rings is 1. The average Bonchev–Trinajstić information content (AvgIpc) is 3.23. The van der Waals surface area contributed by atoms with Gasteiger partial charge in [0, 0.05) is 23.1 Å². The Morgan fingerprint density at radius 2 is 0.873 bits per heavy atom. The van der Waals surface area contributed by atoms with E-state index >= 15 is 0 Å². The number of hydrogen-bond acceptors (Lipinski definition) is 5. The number of fused-ring (bicyclic) bond motifs is 8. The largest absolute Gasteiger partial charge is 0.453 e. The summed E-state index contributed by atoms with van der Waals surface area (Å²) in [5, 5.41) is 0. The molecule has 4 aliphatic heterocycles. The molecule has 0 amide bonds. The van der Waals surface area contributed by atoms with Gasteiger partial charge in [0.25, 0.3) is 6.71 Å². The Balaban J connectivity index is 1.27. The van der Waals surface area contributed by atoms with Crippen LogP contribution in [0.1, 0.15) is 105 Å². The van der Waals surface area contributed by atoms with Gasteiger partial charge in [0.15, 0.2) is 23.0 Å². The number of ether oxygens (including phenoxy) is 2. The smallest absolute Gasteiger partial charge is 0.252 e. The van der Waals surface area contributed by atoms with Gasteiger partial charge in [-0.15, -0.1) is 0 Å². The number of aromatic nitrogens is 1. The van der Waals surface area contributed by atoms with Gasteiger partial charge in [-0.05, 0) is 132 Å². The first-order chi connectivity index (χ1) is 29.7. The lowest BCUT2D eigenvalue weighted by Crippen LogP contribution is -2.62. The van der Waals surface area contributed by atoms with Gasteiger partial charge in [0.1, 0.15) is 0 Å². The van der Waals surface area contributed by atoms with Gasteiger partial charge in [-0.3, -0.25) is 4.98 Å². The molecule has 0 radical (unpaired) electrons. The van der Waals surface area contributed by atoms with E-state index in [2.05, 4.69) is 208 Å². The lowest BCUT2D eigenvalue weighted by molar-refractivity contribution is 0.469. The molecule has 5 nitrogen and oxygen atoms in total. The first kappa shape index (κ1) is 39.6. The predicted octanol–water partition coefficient (Wildman–Crippen LogP) is 13.9. The summed E-state index contributed by atoms with van der Waals surface area (Å²) in [6, 6.07) is 42.9. The molecule has 1 aromatic heterocycles. The summed E-state index contributed by atoms with van der Waals surface area (Å²) in [4.78, 5) is 9.91. The highest BCUT2D eigenvalue weighted by Gasteiger charge is 2.49. The molecule has 0 unspecified atom stereocenters. The van der Waals surface area contributed by atoms with Crippen molar-refractivity contribution < 1.29 is 9.47 Å². The zero-order chi connectivity index (χ0) is 44.1. The third kappa shape index (κ3) is 6.15. The zero-order valence-corrected chi connectivity index (χ0v) is 38.8. The third-order valence-corrected chi connectivity index (χ3v) is 13.7. The van der Waals surface area contributed by atoms with Crippen LogP contribution >= 0.6 is 0 Å². The van der Waals surface area contributed by atoms with Crippen LogP contribution in [0, 0.1) is 0 Å². The molecule has 11 rings (SSSR count). The van der Waals surface area contributed by atoms with Crippen LogP contribution in [-0.2, 0) is 21.7 Å². The quantitative estimate of drug-likeness (QED) is 0.162. The van der Waals surface area contributed by atoms with Crippen LogP contribution in [0.2, 0.25) is 0 Å². The molecular formula is C57H56BN3O2. The number of anilines is 6. The second-order valence-electron chi connectivity index (χ2n) is 22.2. The van der Waals surface area contributed by atoms with E-state index in [1.807, 2.05) is 6.20 Å². The van der Waals surface area contributed by atoms with Crippen LogP contribution in [0.25, 0.3) is 22.4 Å². The molecule has 6 heteroatoms. The lowest BCUT2D eigenvalue weighted by Gasteiger charge is -2.48. The minimum absolute atomic E-state index is 0.0519. The molecule has 0 bridgehead atoms. The van der Waals surface area contributed by atoms with E-state index in [0.717, 1.165) is 79.5 Å². The first-order valence-corrected chi connectivity index (χ1v) is 22.6. The van der Waals surface area contributed by atoms with Crippen LogP contribution in [0.15, 0.2) is 121 Å². The number of nitrogens with zero attached hydrogens (tertiary/aromatic N) is 3. The molecule has 0 N–H and O–H groups in total. The summed E-state index contributed by atoms with van der Waals surface area (Å²) in [6.45, 7) is 27.4. The standard InChI is InChI=1S/C57H56BN3O2/c1-54(2,3)36-18-20-43-47(29-36)62-49-31-38(56(7,8)9)27-40-52(49)60(43)45-25-35(34-22-23-59-42(24-34)33-16-14-13-15-17-33)26-46-51(45)58(40)41-28-39(57(10,11)12)32-50-53(41)61(46)44-21-19-37(55(4,5)6)30-48(44)63-50/h13-32H,1-12H3. The molecule has 0 fully saturated rings. The van der Waals surface area contributed by atoms with E-state index in [-0.39, 0.29) is 28.4 Å². The Morgan fingerprint density at radius 1 is 0.413 bits per heavy atom.